The van der Waals surface area contributed by atoms with Gasteiger partial charge in [-0.2, -0.15) is 0 Å². The minimum atomic E-state index is -0.239. The zero-order valence-electron chi connectivity index (χ0n) is 10.7. The zero-order chi connectivity index (χ0) is 13.8. The Kier molecular flexibility index (Phi) is 4.56. The van der Waals surface area contributed by atoms with Crippen molar-refractivity contribution in [2.45, 2.75) is 13.0 Å². The molecule has 0 spiro atoms. The van der Waals surface area contributed by atoms with Crippen molar-refractivity contribution in [2.24, 2.45) is 5.73 Å². The predicted octanol–water partition coefficient (Wildman–Crippen LogP) is 4.01. The molecule has 0 saturated carbocycles. The molecule has 0 aliphatic carbocycles. The summed E-state index contributed by atoms with van der Waals surface area (Å²) in [6.07, 6.45) is 0. The highest BCUT2D eigenvalue weighted by molar-refractivity contribution is 9.10. The van der Waals surface area contributed by atoms with Crippen molar-refractivity contribution in [3.8, 4) is 0 Å². The van der Waals surface area contributed by atoms with Crippen LogP contribution in [-0.4, -0.2) is 6.54 Å². The van der Waals surface area contributed by atoms with Gasteiger partial charge in [-0.15, -0.1) is 0 Å². The second-order valence-electron chi connectivity index (χ2n) is 4.44. The number of halogens is 2. The van der Waals surface area contributed by atoms with E-state index < -0.39 is 0 Å². The fourth-order valence-corrected chi connectivity index (χ4v) is 2.26. The maximum Gasteiger partial charge on any atom is 0.123 e. The van der Waals surface area contributed by atoms with Crippen molar-refractivity contribution in [1.82, 2.24) is 0 Å². The first kappa shape index (κ1) is 14.0. The number of hydrogen-bond donors (Lipinski definition) is 2. The highest BCUT2D eigenvalue weighted by Crippen LogP contribution is 2.23. The molecule has 2 aromatic carbocycles. The fourth-order valence-electron chi connectivity index (χ4n) is 2.00. The molecular formula is C15H16BrFN2. The van der Waals surface area contributed by atoms with E-state index in [0.29, 0.717) is 6.54 Å². The van der Waals surface area contributed by atoms with Crippen molar-refractivity contribution >= 4 is 21.6 Å². The van der Waals surface area contributed by atoms with Crippen molar-refractivity contribution in [2.75, 3.05) is 11.9 Å². The van der Waals surface area contributed by atoms with Crippen LogP contribution in [0.5, 0.6) is 0 Å². The van der Waals surface area contributed by atoms with Gasteiger partial charge >= 0.3 is 0 Å². The normalized spacial score (nSPS) is 12.2. The third kappa shape index (κ3) is 3.55. The summed E-state index contributed by atoms with van der Waals surface area (Å²) in [4.78, 5) is 0. The van der Waals surface area contributed by atoms with Crippen molar-refractivity contribution in [3.63, 3.8) is 0 Å². The van der Waals surface area contributed by atoms with Crippen LogP contribution in [0.1, 0.15) is 17.2 Å². The fraction of sp³-hybridized carbons (Fsp3) is 0.200. The average Bonchev–Trinajstić information content (AvgIpc) is 2.41. The van der Waals surface area contributed by atoms with Gasteiger partial charge in [0.05, 0.1) is 6.04 Å². The van der Waals surface area contributed by atoms with Crippen molar-refractivity contribution in [1.29, 1.82) is 0 Å². The Morgan fingerprint density at radius 3 is 2.53 bits per heavy atom. The van der Waals surface area contributed by atoms with E-state index in [4.69, 9.17) is 5.73 Å². The van der Waals surface area contributed by atoms with Crippen molar-refractivity contribution < 1.29 is 4.39 Å². The molecule has 100 valence electrons. The summed E-state index contributed by atoms with van der Waals surface area (Å²) in [6, 6.07) is 12.5. The van der Waals surface area contributed by atoms with Crippen LogP contribution >= 0.6 is 15.9 Å². The first-order valence-electron chi connectivity index (χ1n) is 6.08. The highest BCUT2D eigenvalue weighted by Gasteiger charge is 2.13. The number of anilines is 1. The lowest BCUT2D eigenvalue weighted by Gasteiger charge is -2.20. The predicted molar refractivity (Wildman–Crippen MR) is 80.7 cm³/mol. The van der Waals surface area contributed by atoms with Gasteiger partial charge in [0.1, 0.15) is 5.82 Å². The van der Waals surface area contributed by atoms with Crippen LogP contribution in [0.4, 0.5) is 10.1 Å². The molecule has 2 rings (SSSR count). The summed E-state index contributed by atoms with van der Waals surface area (Å²) in [7, 11) is 0. The van der Waals surface area contributed by atoms with Crippen LogP contribution < -0.4 is 11.1 Å². The van der Waals surface area contributed by atoms with Gasteiger partial charge in [0.2, 0.25) is 0 Å². The van der Waals surface area contributed by atoms with Gasteiger partial charge in [-0.1, -0.05) is 22.0 Å². The first-order chi connectivity index (χ1) is 9.10. The summed E-state index contributed by atoms with van der Waals surface area (Å²) in [5.74, 6) is -0.239. The maximum atomic E-state index is 13.4. The van der Waals surface area contributed by atoms with Crippen LogP contribution in [0.2, 0.25) is 0 Å². The van der Waals surface area contributed by atoms with Crippen LogP contribution in [0.3, 0.4) is 0 Å². The molecule has 2 aromatic rings. The minimum Gasteiger partial charge on any atom is -0.377 e. The Balaban J connectivity index is 2.24. The molecule has 0 saturated heterocycles. The Morgan fingerprint density at radius 2 is 1.89 bits per heavy atom. The van der Waals surface area contributed by atoms with E-state index >= 15 is 0 Å². The highest BCUT2D eigenvalue weighted by atomic mass is 79.9. The number of nitrogens with one attached hydrogen (secondary N) is 1. The summed E-state index contributed by atoms with van der Waals surface area (Å²) < 4.78 is 14.4. The van der Waals surface area contributed by atoms with Crippen LogP contribution in [0, 0.1) is 12.7 Å². The van der Waals surface area contributed by atoms with Crippen molar-refractivity contribution in [3.05, 3.63) is 63.9 Å². The second kappa shape index (κ2) is 6.17. The lowest BCUT2D eigenvalue weighted by molar-refractivity contribution is 0.621. The Morgan fingerprint density at radius 1 is 1.21 bits per heavy atom. The van der Waals surface area contributed by atoms with Crippen LogP contribution in [-0.2, 0) is 0 Å². The lowest BCUT2D eigenvalue weighted by atomic mass is 10.0. The number of hydrogen-bond acceptors (Lipinski definition) is 2. The molecule has 0 aromatic heterocycles. The number of aryl methyl sites for hydroxylation is 1. The maximum absolute atomic E-state index is 13.4. The van der Waals surface area contributed by atoms with Gasteiger partial charge in [-0.25, -0.2) is 4.39 Å². The smallest absolute Gasteiger partial charge is 0.123 e. The summed E-state index contributed by atoms with van der Waals surface area (Å²) in [5, 5.41) is 3.33. The van der Waals surface area contributed by atoms with E-state index in [-0.39, 0.29) is 11.9 Å². The summed E-state index contributed by atoms with van der Waals surface area (Å²) in [6.45, 7) is 2.36. The van der Waals surface area contributed by atoms with E-state index in [9.17, 15) is 4.39 Å². The Labute approximate surface area is 121 Å². The SMILES string of the molecule is Cc1ccc(F)cc1C(CN)Nc1ccc(Br)cc1. The molecule has 1 atom stereocenters. The quantitative estimate of drug-likeness (QED) is 0.892. The average molecular weight is 323 g/mol. The molecular weight excluding hydrogens is 307 g/mol. The second-order valence-corrected chi connectivity index (χ2v) is 5.36. The molecule has 0 heterocycles. The monoisotopic (exact) mass is 322 g/mol. The molecule has 0 amide bonds. The molecule has 0 aliphatic rings. The molecule has 1 unspecified atom stereocenters. The van der Waals surface area contributed by atoms with Gasteiger partial charge < -0.3 is 11.1 Å². The van der Waals surface area contributed by atoms with E-state index in [1.165, 1.54) is 6.07 Å². The lowest BCUT2D eigenvalue weighted by Crippen LogP contribution is -2.21. The van der Waals surface area contributed by atoms with Gasteiger partial charge in [-0.05, 0) is 54.4 Å². The van der Waals surface area contributed by atoms with Gasteiger partial charge in [-0.3, -0.25) is 0 Å². The summed E-state index contributed by atoms with van der Waals surface area (Å²) >= 11 is 3.39. The van der Waals surface area contributed by atoms with Gasteiger partial charge in [0.25, 0.3) is 0 Å². The van der Waals surface area contributed by atoms with E-state index in [0.717, 1.165) is 21.3 Å². The van der Waals surface area contributed by atoms with Gasteiger partial charge in [0, 0.05) is 16.7 Å². The molecule has 0 aliphatic heterocycles. The van der Waals surface area contributed by atoms with E-state index in [1.807, 2.05) is 31.2 Å². The molecule has 0 fully saturated rings. The van der Waals surface area contributed by atoms with E-state index in [2.05, 4.69) is 21.2 Å². The van der Waals surface area contributed by atoms with Gasteiger partial charge in [0.15, 0.2) is 0 Å². The minimum absolute atomic E-state index is 0.100. The molecule has 19 heavy (non-hydrogen) atoms. The molecule has 0 radical (unpaired) electrons. The molecule has 3 N–H and O–H groups in total. The summed E-state index contributed by atoms with van der Waals surface area (Å²) in [5.41, 5.74) is 8.69. The third-order valence-electron chi connectivity index (χ3n) is 3.04. The number of benzene rings is 2. The number of rotatable bonds is 4. The Hall–Kier alpha value is -1.39. The molecule has 2 nitrogen and oxygen atoms in total. The van der Waals surface area contributed by atoms with Crippen LogP contribution in [0.15, 0.2) is 46.9 Å². The topological polar surface area (TPSA) is 38.0 Å². The standard InChI is InChI=1S/C15H16BrFN2/c1-10-2-5-12(17)8-14(10)15(9-18)19-13-6-3-11(16)4-7-13/h2-8,15,19H,9,18H2,1H3. The molecule has 4 heteroatoms. The molecule has 0 bridgehead atoms. The first-order valence-corrected chi connectivity index (χ1v) is 6.87. The number of nitrogens with two attached hydrogens (primary N) is 1. The zero-order valence-corrected chi connectivity index (χ0v) is 12.2. The largest absolute Gasteiger partial charge is 0.377 e. The van der Waals surface area contributed by atoms with E-state index in [1.54, 1.807) is 12.1 Å². The van der Waals surface area contributed by atoms with Crippen LogP contribution in [0.25, 0.3) is 0 Å². The Bertz CT molecular complexity index is 555. The third-order valence-corrected chi connectivity index (χ3v) is 3.57.